The van der Waals surface area contributed by atoms with E-state index in [1.807, 2.05) is 37.3 Å². The Hall–Kier alpha value is -1.76. The molecule has 0 aromatic heterocycles. The minimum Gasteiger partial charge on any atom is -0.492 e. The van der Waals surface area contributed by atoms with Gasteiger partial charge in [-0.2, -0.15) is 0 Å². The molecule has 1 unspecified atom stereocenters. The predicted octanol–water partition coefficient (Wildman–Crippen LogP) is 1.05. The summed E-state index contributed by atoms with van der Waals surface area (Å²) in [6, 6.07) is 9.62. The minimum atomic E-state index is -2.93. The Morgan fingerprint density at radius 1 is 1.32 bits per heavy atom. The van der Waals surface area contributed by atoms with Crippen molar-refractivity contribution in [2.45, 2.75) is 19.4 Å². The van der Waals surface area contributed by atoms with Gasteiger partial charge in [-0.05, 0) is 25.5 Å². The Kier molecular flexibility index (Phi) is 7.73. The van der Waals surface area contributed by atoms with Crippen LogP contribution in [0.3, 0.4) is 0 Å². The molecule has 0 spiro atoms. The van der Waals surface area contributed by atoms with Gasteiger partial charge in [-0.1, -0.05) is 18.2 Å². The molecule has 22 heavy (non-hydrogen) atoms. The Morgan fingerprint density at radius 3 is 2.59 bits per heavy atom. The summed E-state index contributed by atoms with van der Waals surface area (Å²) in [5, 5.41) is 6.29. The third-order valence-electron chi connectivity index (χ3n) is 2.93. The van der Waals surface area contributed by atoms with Crippen molar-refractivity contribution in [2.24, 2.45) is 4.99 Å². The zero-order chi connectivity index (χ0) is 16.4. The quantitative estimate of drug-likeness (QED) is 0.424. The molecule has 0 heterocycles. The van der Waals surface area contributed by atoms with E-state index in [-0.39, 0.29) is 11.8 Å². The molecule has 124 valence electrons. The molecule has 1 aromatic carbocycles. The van der Waals surface area contributed by atoms with Crippen LogP contribution >= 0.6 is 0 Å². The summed E-state index contributed by atoms with van der Waals surface area (Å²) in [4.78, 5) is 4.11. The smallest absolute Gasteiger partial charge is 0.191 e. The van der Waals surface area contributed by atoms with Crippen LogP contribution in [0.1, 0.15) is 13.3 Å². The average Bonchev–Trinajstić information content (AvgIpc) is 2.48. The number of sulfone groups is 1. The highest BCUT2D eigenvalue weighted by molar-refractivity contribution is 7.90. The Bertz CT molecular complexity index is 559. The van der Waals surface area contributed by atoms with E-state index in [1.165, 1.54) is 6.26 Å². The summed E-state index contributed by atoms with van der Waals surface area (Å²) < 4.78 is 27.9. The maximum atomic E-state index is 11.1. The van der Waals surface area contributed by atoms with Gasteiger partial charge in [0.1, 0.15) is 22.2 Å². The van der Waals surface area contributed by atoms with Crippen molar-refractivity contribution in [2.75, 3.05) is 32.2 Å². The van der Waals surface area contributed by atoms with Crippen molar-refractivity contribution in [3.8, 4) is 5.75 Å². The van der Waals surface area contributed by atoms with Crippen LogP contribution in [-0.4, -0.2) is 52.6 Å². The first-order valence-electron chi connectivity index (χ1n) is 7.23. The largest absolute Gasteiger partial charge is 0.492 e. The number of nitrogens with zero attached hydrogens (tertiary/aromatic N) is 1. The number of ether oxygens (including phenoxy) is 1. The normalized spacial score (nSPS) is 13.5. The Morgan fingerprint density at radius 2 is 2.00 bits per heavy atom. The zero-order valence-electron chi connectivity index (χ0n) is 13.4. The molecule has 0 amide bonds. The number of benzene rings is 1. The van der Waals surface area contributed by atoms with Gasteiger partial charge < -0.3 is 15.4 Å². The van der Waals surface area contributed by atoms with Crippen LogP contribution < -0.4 is 15.4 Å². The summed E-state index contributed by atoms with van der Waals surface area (Å²) in [6.45, 7) is 3.05. The van der Waals surface area contributed by atoms with E-state index < -0.39 is 9.84 Å². The second-order valence-corrected chi connectivity index (χ2v) is 7.38. The van der Waals surface area contributed by atoms with Crippen molar-refractivity contribution in [1.82, 2.24) is 10.6 Å². The molecule has 0 aliphatic rings. The first kappa shape index (κ1) is 18.3. The lowest BCUT2D eigenvalue weighted by molar-refractivity contribution is 0.321. The lowest BCUT2D eigenvalue weighted by Gasteiger charge is -2.17. The Labute approximate surface area is 132 Å². The van der Waals surface area contributed by atoms with Crippen LogP contribution in [0.2, 0.25) is 0 Å². The van der Waals surface area contributed by atoms with Gasteiger partial charge in [0.05, 0.1) is 12.3 Å². The van der Waals surface area contributed by atoms with Crippen LogP contribution in [0, 0.1) is 0 Å². The van der Waals surface area contributed by atoms with Crippen molar-refractivity contribution in [1.29, 1.82) is 0 Å². The van der Waals surface area contributed by atoms with E-state index in [1.54, 1.807) is 7.05 Å². The van der Waals surface area contributed by atoms with E-state index >= 15 is 0 Å². The van der Waals surface area contributed by atoms with Gasteiger partial charge in [-0.15, -0.1) is 0 Å². The fourth-order valence-corrected chi connectivity index (χ4v) is 2.53. The highest BCUT2D eigenvalue weighted by atomic mass is 32.2. The van der Waals surface area contributed by atoms with Gasteiger partial charge >= 0.3 is 0 Å². The SMILES string of the molecule is CN=C(NCCOc1ccccc1)NC(C)CCS(C)(=O)=O. The number of para-hydroxylation sites is 1. The van der Waals surface area contributed by atoms with Crippen molar-refractivity contribution in [3.63, 3.8) is 0 Å². The molecule has 0 saturated heterocycles. The number of hydrogen-bond donors (Lipinski definition) is 2. The van der Waals surface area contributed by atoms with Gasteiger partial charge in [0, 0.05) is 19.3 Å². The number of guanidine groups is 1. The highest BCUT2D eigenvalue weighted by Gasteiger charge is 2.09. The average molecular weight is 327 g/mol. The second-order valence-electron chi connectivity index (χ2n) is 5.12. The molecule has 0 radical (unpaired) electrons. The molecule has 0 saturated carbocycles. The van der Waals surface area contributed by atoms with E-state index in [0.29, 0.717) is 25.5 Å². The highest BCUT2D eigenvalue weighted by Crippen LogP contribution is 2.07. The van der Waals surface area contributed by atoms with Crippen molar-refractivity contribution in [3.05, 3.63) is 30.3 Å². The summed E-state index contributed by atoms with van der Waals surface area (Å²) in [5.74, 6) is 1.63. The van der Waals surface area contributed by atoms with Crippen LogP contribution in [0.5, 0.6) is 5.75 Å². The number of hydrogen-bond acceptors (Lipinski definition) is 4. The Balaban J connectivity index is 2.25. The summed E-state index contributed by atoms with van der Waals surface area (Å²) in [5.41, 5.74) is 0. The monoisotopic (exact) mass is 327 g/mol. The van der Waals surface area contributed by atoms with Crippen LogP contribution in [0.15, 0.2) is 35.3 Å². The van der Waals surface area contributed by atoms with Gasteiger partial charge in [0.25, 0.3) is 0 Å². The molecule has 6 nitrogen and oxygen atoms in total. The fraction of sp³-hybridized carbons (Fsp3) is 0.533. The summed E-state index contributed by atoms with van der Waals surface area (Å²) >= 11 is 0. The minimum absolute atomic E-state index is 0.0240. The van der Waals surface area contributed by atoms with Crippen LogP contribution in [-0.2, 0) is 9.84 Å². The zero-order valence-corrected chi connectivity index (χ0v) is 14.2. The third-order valence-corrected chi connectivity index (χ3v) is 3.91. The first-order valence-corrected chi connectivity index (χ1v) is 9.29. The molecule has 0 aliphatic carbocycles. The third kappa shape index (κ3) is 8.51. The molecular weight excluding hydrogens is 302 g/mol. The summed E-state index contributed by atoms with van der Waals surface area (Å²) in [7, 11) is -1.26. The number of aliphatic imine (C=N–C) groups is 1. The van der Waals surface area contributed by atoms with Gasteiger partial charge in [-0.25, -0.2) is 8.42 Å². The fourth-order valence-electron chi connectivity index (χ4n) is 1.75. The lowest BCUT2D eigenvalue weighted by atomic mass is 10.3. The lowest BCUT2D eigenvalue weighted by Crippen LogP contribution is -2.44. The maximum absolute atomic E-state index is 11.1. The van der Waals surface area contributed by atoms with Crippen LogP contribution in [0.4, 0.5) is 0 Å². The van der Waals surface area contributed by atoms with Gasteiger partial charge in [-0.3, -0.25) is 4.99 Å². The second kappa shape index (κ2) is 9.30. The molecule has 0 bridgehead atoms. The van der Waals surface area contributed by atoms with E-state index in [4.69, 9.17) is 4.74 Å². The molecule has 2 N–H and O–H groups in total. The molecule has 1 aromatic rings. The predicted molar refractivity (Wildman–Crippen MR) is 90.2 cm³/mol. The molecule has 1 atom stereocenters. The van der Waals surface area contributed by atoms with Gasteiger partial charge in [0.2, 0.25) is 0 Å². The van der Waals surface area contributed by atoms with E-state index in [9.17, 15) is 8.42 Å². The molecule has 0 aliphatic heterocycles. The molecule has 1 rings (SSSR count). The number of rotatable bonds is 8. The molecular formula is C15H25N3O3S. The van der Waals surface area contributed by atoms with Gasteiger partial charge in [0.15, 0.2) is 5.96 Å². The summed E-state index contributed by atoms with van der Waals surface area (Å²) in [6.07, 6.45) is 1.79. The number of nitrogens with one attached hydrogen (secondary N) is 2. The van der Waals surface area contributed by atoms with Crippen LogP contribution in [0.25, 0.3) is 0 Å². The van der Waals surface area contributed by atoms with Crippen molar-refractivity contribution < 1.29 is 13.2 Å². The molecule has 7 heteroatoms. The topological polar surface area (TPSA) is 79.8 Å². The van der Waals surface area contributed by atoms with Crippen molar-refractivity contribution >= 4 is 15.8 Å². The van der Waals surface area contributed by atoms with E-state index in [0.717, 1.165) is 5.75 Å². The standard InChI is InChI=1S/C15H25N3O3S/c1-13(9-12-22(3,19)20)18-15(16-2)17-10-11-21-14-7-5-4-6-8-14/h4-8,13H,9-12H2,1-3H3,(H2,16,17,18). The van der Waals surface area contributed by atoms with E-state index in [2.05, 4.69) is 15.6 Å². The maximum Gasteiger partial charge on any atom is 0.191 e. The molecule has 0 fully saturated rings. The first-order chi connectivity index (χ1) is 10.4.